The second-order valence-corrected chi connectivity index (χ2v) is 3.00. The van der Waals surface area contributed by atoms with Crippen molar-refractivity contribution in [2.75, 3.05) is 12.3 Å². The molecule has 0 amide bonds. The summed E-state index contributed by atoms with van der Waals surface area (Å²) >= 11 is 0. The molecule has 0 saturated carbocycles. The fourth-order valence-corrected chi connectivity index (χ4v) is 0.926. The van der Waals surface area contributed by atoms with Crippen molar-refractivity contribution < 1.29 is 27.8 Å². The number of aromatic carboxylic acids is 1. The Balaban J connectivity index is 2.62. The quantitative estimate of drug-likeness (QED) is 0.822. The Morgan fingerprint density at radius 2 is 2.18 bits per heavy atom. The summed E-state index contributed by atoms with van der Waals surface area (Å²) in [5, 5.41) is 8.60. The van der Waals surface area contributed by atoms with Gasteiger partial charge < -0.3 is 15.6 Å². The van der Waals surface area contributed by atoms with Crippen molar-refractivity contribution in [3.8, 4) is 0 Å². The molecule has 1 aromatic heterocycles. The topological polar surface area (TPSA) is 98.3 Å². The predicted octanol–water partition coefficient (Wildman–Crippen LogP) is 0.836. The predicted molar refractivity (Wildman–Crippen MR) is 49.1 cm³/mol. The Hall–Kier alpha value is -1.90. The first-order valence-corrected chi connectivity index (χ1v) is 4.29. The lowest BCUT2D eigenvalue weighted by Crippen LogP contribution is -2.17. The van der Waals surface area contributed by atoms with Gasteiger partial charge in [-0.1, -0.05) is 0 Å². The van der Waals surface area contributed by atoms with Crippen molar-refractivity contribution in [3.63, 3.8) is 0 Å². The summed E-state index contributed by atoms with van der Waals surface area (Å²) in [6.45, 7) is -1.93. The fourth-order valence-electron chi connectivity index (χ4n) is 0.926. The summed E-state index contributed by atoms with van der Waals surface area (Å²) in [5.41, 5.74) is 4.95. The van der Waals surface area contributed by atoms with Gasteiger partial charge in [0, 0.05) is 6.20 Å². The van der Waals surface area contributed by atoms with E-state index in [1.807, 2.05) is 0 Å². The van der Waals surface area contributed by atoms with Gasteiger partial charge in [-0.3, -0.25) is 0 Å². The van der Waals surface area contributed by atoms with Gasteiger partial charge in [0.1, 0.15) is 24.6 Å². The van der Waals surface area contributed by atoms with Crippen LogP contribution in [-0.2, 0) is 11.3 Å². The lowest BCUT2D eigenvalue weighted by Gasteiger charge is -2.07. The molecule has 0 aromatic carbocycles. The molecule has 0 bridgehead atoms. The maximum atomic E-state index is 11.7. The molecule has 0 spiro atoms. The first kappa shape index (κ1) is 13.2. The standard InChI is InChI=1S/C8H8F3N3O3/c9-8(10,11)3-17-2-5-13-1-4(7(15)16)6(12)14-5/h1H,2-3H2,(H,15,16)(H2,12,13,14). The molecule has 1 heterocycles. The monoisotopic (exact) mass is 251 g/mol. The molecular formula is C8H8F3N3O3. The lowest BCUT2D eigenvalue weighted by molar-refractivity contribution is -0.177. The summed E-state index contributed by atoms with van der Waals surface area (Å²) in [6.07, 6.45) is -3.52. The minimum Gasteiger partial charge on any atom is -0.477 e. The van der Waals surface area contributed by atoms with Gasteiger partial charge in [-0.15, -0.1) is 0 Å². The van der Waals surface area contributed by atoms with Crippen LogP contribution in [0.3, 0.4) is 0 Å². The van der Waals surface area contributed by atoms with E-state index < -0.39 is 25.4 Å². The Bertz CT molecular complexity index is 422. The number of hydrogen-bond donors (Lipinski definition) is 2. The van der Waals surface area contributed by atoms with Crippen LogP contribution in [0, 0.1) is 0 Å². The Labute approximate surface area is 93.2 Å². The molecule has 0 saturated heterocycles. The number of aromatic nitrogens is 2. The summed E-state index contributed by atoms with van der Waals surface area (Å²) in [5.74, 6) is -1.75. The zero-order valence-corrected chi connectivity index (χ0v) is 8.36. The number of ether oxygens (including phenoxy) is 1. The van der Waals surface area contributed by atoms with Gasteiger partial charge >= 0.3 is 12.1 Å². The summed E-state index contributed by atoms with van der Waals surface area (Å²) in [6, 6.07) is 0. The minimum absolute atomic E-state index is 0.114. The van der Waals surface area contributed by atoms with Gasteiger partial charge in [0.15, 0.2) is 5.82 Å². The van der Waals surface area contributed by atoms with E-state index in [-0.39, 0.29) is 17.2 Å². The molecule has 0 unspecified atom stereocenters. The SMILES string of the molecule is Nc1nc(COCC(F)(F)F)ncc1C(=O)O. The molecule has 0 radical (unpaired) electrons. The lowest BCUT2D eigenvalue weighted by atomic mass is 10.3. The number of rotatable bonds is 4. The molecule has 0 fully saturated rings. The number of carboxylic acid groups (broad SMARTS) is 1. The normalized spacial score (nSPS) is 11.5. The third-order valence-corrected chi connectivity index (χ3v) is 1.60. The van der Waals surface area contributed by atoms with E-state index in [0.717, 1.165) is 6.20 Å². The van der Waals surface area contributed by atoms with E-state index in [4.69, 9.17) is 10.8 Å². The molecule has 94 valence electrons. The molecule has 9 heteroatoms. The highest BCUT2D eigenvalue weighted by Gasteiger charge is 2.27. The zero-order valence-electron chi connectivity index (χ0n) is 8.36. The second kappa shape index (κ2) is 4.95. The highest BCUT2D eigenvalue weighted by molar-refractivity contribution is 5.92. The van der Waals surface area contributed by atoms with Crippen molar-refractivity contribution in [2.24, 2.45) is 0 Å². The number of halogens is 3. The number of carbonyl (C=O) groups is 1. The van der Waals surface area contributed by atoms with Crippen LogP contribution < -0.4 is 5.73 Å². The molecular weight excluding hydrogens is 243 g/mol. The fraction of sp³-hybridized carbons (Fsp3) is 0.375. The number of anilines is 1. The van der Waals surface area contributed by atoms with Crippen molar-refractivity contribution in [3.05, 3.63) is 17.6 Å². The van der Waals surface area contributed by atoms with Crippen LogP contribution in [0.1, 0.15) is 16.2 Å². The average molecular weight is 251 g/mol. The molecule has 0 aliphatic carbocycles. The van der Waals surface area contributed by atoms with Gasteiger partial charge in [0.05, 0.1) is 0 Å². The second-order valence-electron chi connectivity index (χ2n) is 3.00. The van der Waals surface area contributed by atoms with E-state index in [2.05, 4.69) is 14.7 Å². The van der Waals surface area contributed by atoms with Crippen molar-refractivity contribution in [1.29, 1.82) is 0 Å². The largest absolute Gasteiger partial charge is 0.477 e. The van der Waals surface area contributed by atoms with Gasteiger partial charge in [-0.25, -0.2) is 14.8 Å². The number of nitrogens with two attached hydrogens (primary N) is 1. The highest BCUT2D eigenvalue weighted by Crippen LogP contribution is 2.15. The van der Waals surface area contributed by atoms with E-state index in [1.54, 1.807) is 0 Å². The van der Waals surface area contributed by atoms with Crippen LogP contribution in [0.15, 0.2) is 6.20 Å². The van der Waals surface area contributed by atoms with Crippen LogP contribution >= 0.6 is 0 Å². The molecule has 3 N–H and O–H groups in total. The number of nitrogens with zero attached hydrogens (tertiary/aromatic N) is 2. The smallest absolute Gasteiger partial charge is 0.411 e. The molecule has 6 nitrogen and oxygen atoms in total. The van der Waals surface area contributed by atoms with Gasteiger partial charge in [0.25, 0.3) is 0 Å². The van der Waals surface area contributed by atoms with Crippen molar-refractivity contribution in [1.82, 2.24) is 9.97 Å². The van der Waals surface area contributed by atoms with Crippen LogP contribution in [0.25, 0.3) is 0 Å². The maximum Gasteiger partial charge on any atom is 0.411 e. The first-order chi connectivity index (χ1) is 7.79. The minimum atomic E-state index is -4.44. The van der Waals surface area contributed by atoms with E-state index >= 15 is 0 Å². The van der Waals surface area contributed by atoms with Crippen molar-refractivity contribution in [2.45, 2.75) is 12.8 Å². The molecule has 1 aromatic rings. The van der Waals surface area contributed by atoms with Crippen LogP contribution in [0.4, 0.5) is 19.0 Å². The Morgan fingerprint density at radius 3 is 2.65 bits per heavy atom. The van der Waals surface area contributed by atoms with E-state index in [9.17, 15) is 18.0 Å². The van der Waals surface area contributed by atoms with Gasteiger partial charge in [-0.2, -0.15) is 13.2 Å². The maximum absolute atomic E-state index is 11.7. The number of nitrogen functional groups attached to an aromatic ring is 1. The summed E-state index contributed by atoms with van der Waals surface area (Å²) in [4.78, 5) is 17.6. The van der Waals surface area contributed by atoms with Crippen molar-refractivity contribution >= 4 is 11.8 Å². The number of carboxylic acids is 1. The molecule has 0 aliphatic heterocycles. The van der Waals surface area contributed by atoms with E-state index in [1.165, 1.54) is 0 Å². The third-order valence-electron chi connectivity index (χ3n) is 1.60. The third kappa shape index (κ3) is 4.23. The Morgan fingerprint density at radius 1 is 1.53 bits per heavy atom. The van der Waals surface area contributed by atoms with E-state index in [0.29, 0.717) is 0 Å². The molecule has 17 heavy (non-hydrogen) atoms. The average Bonchev–Trinajstić information content (AvgIpc) is 2.15. The first-order valence-electron chi connectivity index (χ1n) is 4.29. The van der Waals surface area contributed by atoms with Crippen LogP contribution in [0.5, 0.6) is 0 Å². The Kier molecular flexibility index (Phi) is 3.84. The highest BCUT2D eigenvalue weighted by atomic mass is 19.4. The van der Waals surface area contributed by atoms with Gasteiger partial charge in [0.2, 0.25) is 0 Å². The zero-order chi connectivity index (χ0) is 13.1. The molecule has 0 aliphatic rings. The van der Waals surface area contributed by atoms with Crippen LogP contribution in [0.2, 0.25) is 0 Å². The van der Waals surface area contributed by atoms with Crippen LogP contribution in [-0.4, -0.2) is 33.8 Å². The molecule has 0 atom stereocenters. The number of hydrogen-bond acceptors (Lipinski definition) is 5. The summed E-state index contributed by atoms with van der Waals surface area (Å²) in [7, 11) is 0. The number of alkyl halides is 3. The molecule has 1 rings (SSSR count). The van der Waals surface area contributed by atoms with Gasteiger partial charge in [-0.05, 0) is 0 Å². The summed E-state index contributed by atoms with van der Waals surface area (Å²) < 4.78 is 39.5.